The van der Waals surface area contributed by atoms with Crippen molar-refractivity contribution in [3.05, 3.63) is 17.7 Å². The smallest absolute Gasteiger partial charge is 0.308 e. The SMILES string of the molecule is Cc1ncc(CN2CC(C(=O)O)C3(CCOCC3)C2)n1C. The summed E-state index contributed by atoms with van der Waals surface area (Å²) in [5.74, 6) is 0.0380. The lowest BCUT2D eigenvalue weighted by Crippen LogP contribution is -2.40. The number of carboxylic acids is 1. The van der Waals surface area contributed by atoms with Crippen molar-refractivity contribution in [1.82, 2.24) is 14.5 Å². The molecule has 1 aromatic rings. The zero-order valence-corrected chi connectivity index (χ0v) is 12.7. The number of aromatic nitrogens is 2. The molecule has 2 fully saturated rings. The van der Waals surface area contributed by atoms with Gasteiger partial charge in [0.05, 0.1) is 11.6 Å². The highest BCUT2D eigenvalue weighted by atomic mass is 16.5. The number of nitrogens with zero attached hydrogens (tertiary/aromatic N) is 3. The Morgan fingerprint density at radius 2 is 2.24 bits per heavy atom. The molecular formula is C15H23N3O3. The van der Waals surface area contributed by atoms with Crippen molar-refractivity contribution in [2.24, 2.45) is 18.4 Å². The molecule has 0 amide bonds. The molecule has 1 atom stereocenters. The summed E-state index contributed by atoms with van der Waals surface area (Å²) in [6, 6.07) is 0. The van der Waals surface area contributed by atoms with Crippen molar-refractivity contribution < 1.29 is 14.6 Å². The first-order chi connectivity index (χ1) is 10.0. The van der Waals surface area contributed by atoms with Crippen LogP contribution in [0.2, 0.25) is 0 Å². The molecule has 116 valence electrons. The van der Waals surface area contributed by atoms with Gasteiger partial charge in [0.1, 0.15) is 5.82 Å². The fraction of sp³-hybridized carbons (Fsp3) is 0.733. The molecule has 0 saturated carbocycles. The Morgan fingerprint density at radius 1 is 1.52 bits per heavy atom. The average molecular weight is 293 g/mol. The molecule has 1 spiro atoms. The van der Waals surface area contributed by atoms with Crippen molar-refractivity contribution in [2.45, 2.75) is 26.3 Å². The quantitative estimate of drug-likeness (QED) is 0.902. The summed E-state index contributed by atoms with van der Waals surface area (Å²) < 4.78 is 7.51. The largest absolute Gasteiger partial charge is 0.481 e. The summed E-state index contributed by atoms with van der Waals surface area (Å²) in [5, 5.41) is 9.59. The van der Waals surface area contributed by atoms with E-state index >= 15 is 0 Å². The third-order valence-corrected chi connectivity index (χ3v) is 5.21. The Labute approximate surface area is 124 Å². The topological polar surface area (TPSA) is 67.6 Å². The van der Waals surface area contributed by atoms with Gasteiger partial charge < -0.3 is 14.4 Å². The van der Waals surface area contributed by atoms with E-state index in [2.05, 4.69) is 14.5 Å². The molecule has 0 radical (unpaired) electrons. The molecule has 6 heteroatoms. The molecule has 2 aliphatic rings. The van der Waals surface area contributed by atoms with Crippen molar-refractivity contribution >= 4 is 5.97 Å². The molecule has 1 unspecified atom stereocenters. The average Bonchev–Trinajstić information content (AvgIpc) is 2.95. The second-order valence-corrected chi connectivity index (χ2v) is 6.39. The monoisotopic (exact) mass is 293 g/mol. The van der Waals surface area contributed by atoms with Gasteiger partial charge in [-0.15, -0.1) is 0 Å². The van der Waals surface area contributed by atoms with Gasteiger partial charge in [-0.25, -0.2) is 4.98 Å². The molecule has 3 heterocycles. The third kappa shape index (κ3) is 2.58. The molecule has 2 saturated heterocycles. The van der Waals surface area contributed by atoms with Crippen LogP contribution in [-0.2, 0) is 23.1 Å². The summed E-state index contributed by atoms with van der Waals surface area (Å²) in [6.07, 6.45) is 3.59. The molecule has 6 nitrogen and oxygen atoms in total. The number of aryl methyl sites for hydroxylation is 1. The maximum absolute atomic E-state index is 11.7. The molecular weight excluding hydrogens is 270 g/mol. The maximum atomic E-state index is 11.7. The van der Waals surface area contributed by atoms with Gasteiger partial charge in [0.25, 0.3) is 0 Å². The summed E-state index contributed by atoms with van der Waals surface area (Å²) in [6.45, 7) is 5.58. The number of hydrogen-bond donors (Lipinski definition) is 1. The van der Waals surface area contributed by atoms with Crippen molar-refractivity contribution in [2.75, 3.05) is 26.3 Å². The number of rotatable bonds is 3. The van der Waals surface area contributed by atoms with E-state index in [0.29, 0.717) is 19.8 Å². The Kier molecular flexibility index (Phi) is 3.75. The third-order valence-electron chi connectivity index (χ3n) is 5.21. The molecule has 0 aliphatic carbocycles. The van der Waals surface area contributed by atoms with E-state index in [1.165, 1.54) is 0 Å². The van der Waals surface area contributed by atoms with Crippen LogP contribution in [0.1, 0.15) is 24.4 Å². The number of likely N-dealkylation sites (tertiary alicyclic amines) is 1. The van der Waals surface area contributed by atoms with Gasteiger partial charge in [0, 0.05) is 51.5 Å². The molecule has 0 aromatic carbocycles. The van der Waals surface area contributed by atoms with E-state index in [4.69, 9.17) is 4.74 Å². The van der Waals surface area contributed by atoms with Crippen LogP contribution in [0.3, 0.4) is 0 Å². The van der Waals surface area contributed by atoms with Crippen molar-refractivity contribution in [3.63, 3.8) is 0 Å². The minimum atomic E-state index is -0.666. The molecule has 2 aliphatic heterocycles. The Balaban J connectivity index is 1.77. The second kappa shape index (κ2) is 5.42. The van der Waals surface area contributed by atoms with E-state index < -0.39 is 5.97 Å². The van der Waals surface area contributed by atoms with Crippen LogP contribution in [0, 0.1) is 18.3 Å². The van der Waals surface area contributed by atoms with Gasteiger partial charge in [-0.1, -0.05) is 0 Å². The Morgan fingerprint density at radius 3 is 2.81 bits per heavy atom. The van der Waals surface area contributed by atoms with Gasteiger partial charge >= 0.3 is 5.97 Å². The predicted octanol–water partition coefficient (Wildman–Crippen LogP) is 1.04. The second-order valence-electron chi connectivity index (χ2n) is 6.39. The van der Waals surface area contributed by atoms with E-state index in [1.54, 1.807) is 0 Å². The summed E-state index contributed by atoms with van der Waals surface area (Å²) in [4.78, 5) is 18.2. The molecule has 3 rings (SSSR count). The van der Waals surface area contributed by atoms with Gasteiger partial charge in [-0.2, -0.15) is 0 Å². The van der Waals surface area contributed by atoms with E-state index in [9.17, 15) is 9.90 Å². The summed E-state index contributed by atoms with van der Waals surface area (Å²) in [7, 11) is 2.01. The number of imidazole rings is 1. The lowest BCUT2D eigenvalue weighted by molar-refractivity contribution is -0.146. The molecule has 0 bridgehead atoms. The maximum Gasteiger partial charge on any atom is 0.308 e. The number of carboxylic acid groups (broad SMARTS) is 1. The van der Waals surface area contributed by atoms with Gasteiger partial charge in [0.15, 0.2) is 0 Å². The zero-order chi connectivity index (χ0) is 15.0. The molecule has 1 N–H and O–H groups in total. The highest BCUT2D eigenvalue weighted by Crippen LogP contribution is 2.44. The van der Waals surface area contributed by atoms with E-state index in [1.807, 2.05) is 20.2 Å². The minimum absolute atomic E-state index is 0.113. The van der Waals surface area contributed by atoms with Crippen molar-refractivity contribution in [1.29, 1.82) is 0 Å². The highest BCUT2D eigenvalue weighted by molar-refractivity contribution is 5.72. The van der Waals surface area contributed by atoms with Crippen LogP contribution >= 0.6 is 0 Å². The van der Waals surface area contributed by atoms with Crippen LogP contribution in [0.5, 0.6) is 0 Å². The van der Waals surface area contributed by atoms with Crippen LogP contribution in [0.25, 0.3) is 0 Å². The number of aliphatic carboxylic acids is 1. The first-order valence-electron chi connectivity index (χ1n) is 7.52. The minimum Gasteiger partial charge on any atom is -0.481 e. The number of ether oxygens (including phenoxy) is 1. The fourth-order valence-electron chi connectivity index (χ4n) is 3.74. The lowest BCUT2D eigenvalue weighted by Gasteiger charge is -2.36. The first-order valence-corrected chi connectivity index (χ1v) is 7.52. The van der Waals surface area contributed by atoms with Crippen LogP contribution in [-0.4, -0.2) is 51.8 Å². The fourth-order valence-corrected chi connectivity index (χ4v) is 3.74. The predicted molar refractivity (Wildman–Crippen MR) is 76.8 cm³/mol. The van der Waals surface area contributed by atoms with Crippen LogP contribution in [0.15, 0.2) is 6.20 Å². The Bertz CT molecular complexity index is 534. The van der Waals surface area contributed by atoms with Crippen LogP contribution in [0.4, 0.5) is 0 Å². The number of carbonyl (C=O) groups is 1. The van der Waals surface area contributed by atoms with Gasteiger partial charge in [-0.05, 0) is 19.8 Å². The first kappa shape index (κ1) is 14.5. The zero-order valence-electron chi connectivity index (χ0n) is 12.7. The molecule has 21 heavy (non-hydrogen) atoms. The normalized spacial score (nSPS) is 25.5. The van der Waals surface area contributed by atoms with E-state index in [0.717, 1.165) is 37.4 Å². The van der Waals surface area contributed by atoms with Crippen molar-refractivity contribution in [3.8, 4) is 0 Å². The summed E-state index contributed by atoms with van der Waals surface area (Å²) >= 11 is 0. The highest BCUT2D eigenvalue weighted by Gasteiger charge is 2.50. The lowest BCUT2D eigenvalue weighted by atomic mass is 9.72. The van der Waals surface area contributed by atoms with Gasteiger partial charge in [0.2, 0.25) is 0 Å². The standard InChI is InChI=1S/C15H23N3O3/c1-11-16-7-12(17(11)2)8-18-9-13(14(19)20)15(10-18)3-5-21-6-4-15/h7,13H,3-6,8-10H2,1-2H3,(H,19,20). The van der Waals surface area contributed by atoms with Crippen LogP contribution < -0.4 is 0 Å². The summed E-state index contributed by atoms with van der Waals surface area (Å²) in [5.41, 5.74) is 1.03. The Hall–Kier alpha value is -1.40. The van der Waals surface area contributed by atoms with E-state index in [-0.39, 0.29) is 11.3 Å². The van der Waals surface area contributed by atoms with Gasteiger partial charge in [-0.3, -0.25) is 9.69 Å². The number of hydrogen-bond acceptors (Lipinski definition) is 4. The molecule has 1 aromatic heterocycles.